The summed E-state index contributed by atoms with van der Waals surface area (Å²) < 4.78 is 30.1. The molecule has 3 unspecified atom stereocenters. The van der Waals surface area contributed by atoms with Gasteiger partial charge in [-0.1, -0.05) is 6.58 Å². The Morgan fingerprint density at radius 1 is 1.35 bits per heavy atom. The van der Waals surface area contributed by atoms with Gasteiger partial charge in [0.25, 0.3) is 10.1 Å². The van der Waals surface area contributed by atoms with Crippen molar-refractivity contribution < 1.29 is 22.9 Å². The minimum Gasteiger partial charge on any atom is -0.392 e. The average molecular weight is 308 g/mol. The van der Waals surface area contributed by atoms with E-state index in [-0.39, 0.29) is 24.7 Å². The molecular weight excluding hydrogens is 284 g/mol. The normalized spacial score (nSPS) is 16.8. The molecule has 0 rings (SSSR count). The van der Waals surface area contributed by atoms with Gasteiger partial charge in [-0.05, 0) is 39.4 Å². The molecule has 20 heavy (non-hydrogen) atoms. The first-order valence-corrected chi connectivity index (χ1v) is 7.80. The predicted octanol–water partition coefficient (Wildman–Crippen LogP) is -0.582. The highest BCUT2D eigenvalue weighted by Gasteiger charge is 2.25. The van der Waals surface area contributed by atoms with Crippen molar-refractivity contribution in [2.45, 2.75) is 38.0 Å². The number of aliphatic hydroxyl groups is 1. The Morgan fingerprint density at radius 2 is 1.85 bits per heavy atom. The number of aliphatic hydroxyl groups excluding tert-OH is 1. The summed E-state index contributed by atoms with van der Waals surface area (Å²) in [6.07, 6.45) is -0.866. The Morgan fingerprint density at radius 3 is 2.20 bits per heavy atom. The fourth-order valence-electron chi connectivity index (χ4n) is 1.86. The number of nitrogens with two attached hydrogens (primary N) is 1. The Balaban J connectivity index is 4.67. The molecule has 0 aliphatic carbocycles. The van der Waals surface area contributed by atoms with Crippen molar-refractivity contribution in [3.63, 3.8) is 0 Å². The summed E-state index contributed by atoms with van der Waals surface area (Å²) >= 11 is 0. The van der Waals surface area contributed by atoms with Crippen LogP contribution in [0, 0.1) is 0 Å². The summed E-state index contributed by atoms with van der Waals surface area (Å²) in [6.45, 7) is 5.10. The zero-order valence-electron chi connectivity index (χ0n) is 12.1. The van der Waals surface area contributed by atoms with Gasteiger partial charge in [-0.15, -0.1) is 0 Å². The quantitative estimate of drug-likeness (QED) is 0.385. The fourth-order valence-corrected chi connectivity index (χ4v) is 2.48. The van der Waals surface area contributed by atoms with E-state index < -0.39 is 28.0 Å². The van der Waals surface area contributed by atoms with E-state index in [1.165, 1.54) is 0 Å². The van der Waals surface area contributed by atoms with Crippen LogP contribution in [0.3, 0.4) is 0 Å². The number of Topliss-reactive ketones (excluding diaryl/α,β-unsaturated/α-hetero) is 1. The van der Waals surface area contributed by atoms with Crippen LogP contribution in [-0.2, 0) is 14.9 Å². The third-order valence-corrected chi connectivity index (χ3v) is 3.77. The van der Waals surface area contributed by atoms with Crippen LogP contribution < -0.4 is 5.73 Å². The van der Waals surface area contributed by atoms with Crippen LogP contribution in [0.1, 0.15) is 19.8 Å². The summed E-state index contributed by atoms with van der Waals surface area (Å²) in [5, 5.41) is 9.66. The van der Waals surface area contributed by atoms with Gasteiger partial charge < -0.3 is 15.7 Å². The van der Waals surface area contributed by atoms with E-state index in [1.807, 2.05) is 0 Å². The van der Waals surface area contributed by atoms with E-state index >= 15 is 0 Å². The van der Waals surface area contributed by atoms with E-state index in [4.69, 9.17) is 10.3 Å². The van der Waals surface area contributed by atoms with Crippen LogP contribution in [0.5, 0.6) is 0 Å². The summed E-state index contributed by atoms with van der Waals surface area (Å²) in [7, 11) is -0.756. The van der Waals surface area contributed by atoms with Crippen LogP contribution in [0.25, 0.3) is 0 Å². The Bertz CT molecular complexity index is 447. The lowest BCUT2D eigenvalue weighted by atomic mass is 9.96. The van der Waals surface area contributed by atoms with E-state index in [1.54, 1.807) is 25.9 Å². The van der Waals surface area contributed by atoms with Crippen molar-refractivity contribution in [3.05, 3.63) is 12.2 Å². The minimum atomic E-state index is -4.23. The van der Waals surface area contributed by atoms with Gasteiger partial charge in [0.1, 0.15) is 5.75 Å². The topological polar surface area (TPSA) is 121 Å². The molecule has 0 radical (unpaired) electrons. The standard InChI is InChI=1S/C12H24N2O5S/c1-8(2)12(16)11(13)6-9(14(3)4)5-10(15)7-20(17,18)19/h9-11,15H,1,5-7,13H2,2-4H3,(H,17,18,19). The molecule has 0 fully saturated rings. The number of ketones is 1. The number of carbonyl (C=O) groups is 1. The molecule has 0 aliphatic heterocycles. The molecule has 0 aromatic carbocycles. The van der Waals surface area contributed by atoms with Crippen molar-refractivity contribution in [2.75, 3.05) is 19.8 Å². The number of nitrogens with zero attached hydrogens (tertiary/aromatic N) is 1. The Kier molecular flexibility index (Phi) is 7.53. The lowest BCUT2D eigenvalue weighted by Crippen LogP contribution is -2.42. The van der Waals surface area contributed by atoms with Gasteiger partial charge in [-0.2, -0.15) is 8.42 Å². The first-order chi connectivity index (χ1) is 8.94. The fraction of sp³-hybridized carbons (Fsp3) is 0.750. The summed E-state index contributed by atoms with van der Waals surface area (Å²) in [5.41, 5.74) is 6.13. The number of rotatable bonds is 9. The predicted molar refractivity (Wildman–Crippen MR) is 76.9 cm³/mol. The first kappa shape index (κ1) is 19.2. The zero-order chi connectivity index (χ0) is 16.1. The highest BCUT2D eigenvalue weighted by molar-refractivity contribution is 7.85. The van der Waals surface area contributed by atoms with E-state index in [0.29, 0.717) is 5.57 Å². The zero-order valence-corrected chi connectivity index (χ0v) is 12.9. The Labute approximate surface area is 120 Å². The van der Waals surface area contributed by atoms with Crippen molar-refractivity contribution in [3.8, 4) is 0 Å². The molecule has 0 spiro atoms. The van der Waals surface area contributed by atoms with Gasteiger partial charge in [0.05, 0.1) is 12.1 Å². The molecule has 0 aromatic heterocycles. The molecule has 0 amide bonds. The highest BCUT2D eigenvalue weighted by Crippen LogP contribution is 2.13. The van der Waals surface area contributed by atoms with Gasteiger partial charge in [0, 0.05) is 6.04 Å². The molecule has 0 bridgehead atoms. The summed E-state index contributed by atoms with van der Waals surface area (Å²) in [5.74, 6) is -0.998. The molecule has 8 heteroatoms. The molecular formula is C12H24N2O5S. The van der Waals surface area contributed by atoms with Crippen LogP contribution in [0.2, 0.25) is 0 Å². The van der Waals surface area contributed by atoms with Crippen molar-refractivity contribution in [1.82, 2.24) is 4.90 Å². The van der Waals surface area contributed by atoms with Crippen molar-refractivity contribution in [1.29, 1.82) is 0 Å². The highest BCUT2D eigenvalue weighted by atomic mass is 32.2. The van der Waals surface area contributed by atoms with E-state index in [0.717, 1.165) is 0 Å². The molecule has 3 atom stereocenters. The van der Waals surface area contributed by atoms with Crippen LogP contribution >= 0.6 is 0 Å². The summed E-state index contributed by atoms with van der Waals surface area (Å²) in [4.78, 5) is 13.4. The maximum atomic E-state index is 11.7. The van der Waals surface area contributed by atoms with E-state index in [9.17, 15) is 18.3 Å². The summed E-state index contributed by atoms with van der Waals surface area (Å²) in [6, 6.07) is -1.04. The van der Waals surface area contributed by atoms with Gasteiger partial charge in [-0.3, -0.25) is 9.35 Å². The van der Waals surface area contributed by atoms with Crippen LogP contribution in [-0.4, -0.2) is 66.8 Å². The molecule has 7 nitrogen and oxygen atoms in total. The molecule has 118 valence electrons. The molecule has 0 aliphatic rings. The third kappa shape index (κ3) is 7.71. The van der Waals surface area contributed by atoms with Crippen molar-refractivity contribution >= 4 is 15.9 Å². The molecule has 0 heterocycles. The molecule has 4 N–H and O–H groups in total. The second-order valence-electron chi connectivity index (χ2n) is 5.24. The largest absolute Gasteiger partial charge is 0.392 e. The smallest absolute Gasteiger partial charge is 0.267 e. The van der Waals surface area contributed by atoms with Crippen molar-refractivity contribution in [2.24, 2.45) is 5.73 Å². The number of hydrogen-bond acceptors (Lipinski definition) is 6. The SMILES string of the molecule is C=C(C)C(=O)C(N)CC(CC(O)CS(=O)(=O)O)N(C)C. The van der Waals surface area contributed by atoms with Gasteiger partial charge >= 0.3 is 0 Å². The number of hydrogen-bond donors (Lipinski definition) is 3. The van der Waals surface area contributed by atoms with Gasteiger partial charge in [0.2, 0.25) is 0 Å². The lowest BCUT2D eigenvalue weighted by molar-refractivity contribution is -0.117. The second-order valence-corrected chi connectivity index (χ2v) is 6.74. The maximum Gasteiger partial charge on any atom is 0.267 e. The lowest BCUT2D eigenvalue weighted by Gasteiger charge is -2.28. The van der Waals surface area contributed by atoms with Gasteiger partial charge in [0.15, 0.2) is 5.78 Å². The first-order valence-electron chi connectivity index (χ1n) is 6.19. The molecule has 0 aromatic rings. The Hall–Kier alpha value is -0.800. The maximum absolute atomic E-state index is 11.7. The second kappa shape index (κ2) is 7.84. The van der Waals surface area contributed by atoms with E-state index in [2.05, 4.69) is 6.58 Å². The van der Waals surface area contributed by atoms with Gasteiger partial charge in [-0.25, -0.2) is 0 Å². The number of carbonyl (C=O) groups excluding carboxylic acids is 1. The van der Waals surface area contributed by atoms with Crippen LogP contribution in [0.4, 0.5) is 0 Å². The van der Waals surface area contributed by atoms with Crippen LogP contribution in [0.15, 0.2) is 12.2 Å². The average Bonchev–Trinajstić information content (AvgIpc) is 2.23. The monoisotopic (exact) mass is 308 g/mol. The molecule has 0 saturated heterocycles. The molecule has 0 saturated carbocycles. The third-order valence-electron chi connectivity index (χ3n) is 2.96. The minimum absolute atomic E-state index is 0.0873.